The van der Waals surface area contributed by atoms with E-state index in [1.807, 2.05) is 29.6 Å². The molecule has 0 spiro atoms. The molecular weight excluding hydrogens is 384 g/mol. The van der Waals surface area contributed by atoms with Crippen LogP contribution in [-0.2, 0) is 0 Å². The Morgan fingerprint density at radius 2 is 1.86 bits per heavy atom. The molecule has 0 saturated carbocycles. The smallest absolute Gasteiger partial charge is 0.205 e. The number of thioether (sulfide) groups is 1. The number of carbonyl (C=O) groups is 1. The third-order valence-corrected chi connectivity index (χ3v) is 6.91. The van der Waals surface area contributed by atoms with Crippen molar-refractivity contribution in [3.8, 4) is 0 Å². The molecule has 154 valence electrons. The molecule has 0 N–H and O–H groups in total. The van der Waals surface area contributed by atoms with Gasteiger partial charge >= 0.3 is 0 Å². The normalized spacial score (nSPS) is 11.5. The third-order valence-electron chi connectivity index (χ3n) is 4.96. The number of aromatic nitrogens is 1. The van der Waals surface area contributed by atoms with Gasteiger partial charge in [-0.3, -0.25) is 4.79 Å². The minimum Gasteiger partial charge on any atom is -0.304 e. The van der Waals surface area contributed by atoms with Gasteiger partial charge in [-0.15, -0.1) is 23.1 Å². The van der Waals surface area contributed by atoms with E-state index in [4.69, 9.17) is 4.98 Å². The van der Waals surface area contributed by atoms with Crippen LogP contribution in [0.2, 0.25) is 0 Å². The molecule has 5 heteroatoms. The molecule has 2 rings (SSSR count). The number of ketones is 1. The lowest BCUT2D eigenvalue weighted by Gasteiger charge is -2.17. The highest BCUT2D eigenvalue weighted by atomic mass is 32.2. The van der Waals surface area contributed by atoms with Gasteiger partial charge in [-0.05, 0) is 67.7 Å². The van der Waals surface area contributed by atoms with Crippen LogP contribution >= 0.6 is 23.1 Å². The topological polar surface area (TPSA) is 33.2 Å². The molecule has 0 unspecified atom stereocenters. The summed E-state index contributed by atoms with van der Waals surface area (Å²) in [5, 5.41) is 2.85. The monoisotopic (exact) mass is 418 g/mol. The molecule has 0 fully saturated rings. The van der Waals surface area contributed by atoms with Crippen molar-refractivity contribution in [2.75, 3.05) is 25.4 Å². The van der Waals surface area contributed by atoms with Gasteiger partial charge in [-0.2, -0.15) is 0 Å². The first-order chi connectivity index (χ1) is 13.6. The number of thiophene rings is 1. The van der Waals surface area contributed by atoms with Gasteiger partial charge in [0, 0.05) is 5.69 Å². The second-order valence-corrected chi connectivity index (χ2v) is 9.37. The molecule has 28 heavy (non-hydrogen) atoms. The third kappa shape index (κ3) is 7.02. The van der Waals surface area contributed by atoms with E-state index in [1.165, 1.54) is 43.6 Å². The summed E-state index contributed by atoms with van der Waals surface area (Å²) < 4.78 is 0. The minimum atomic E-state index is 0.0968. The van der Waals surface area contributed by atoms with Crippen molar-refractivity contribution >= 4 is 28.9 Å². The fourth-order valence-corrected chi connectivity index (χ4v) is 4.81. The van der Waals surface area contributed by atoms with Crippen LogP contribution in [0.1, 0.15) is 80.2 Å². The van der Waals surface area contributed by atoms with Crippen molar-refractivity contribution in [3.63, 3.8) is 0 Å². The Hall–Kier alpha value is -1.17. The maximum Gasteiger partial charge on any atom is 0.205 e. The lowest BCUT2D eigenvalue weighted by Crippen LogP contribution is -2.23. The molecule has 2 aromatic heterocycles. The van der Waals surface area contributed by atoms with Crippen LogP contribution in [0.15, 0.2) is 34.7 Å². The molecule has 0 aliphatic rings. The van der Waals surface area contributed by atoms with Crippen LogP contribution in [0.3, 0.4) is 0 Å². The maximum absolute atomic E-state index is 12.9. The Kier molecular flexibility index (Phi) is 10.2. The van der Waals surface area contributed by atoms with Gasteiger partial charge in [0.25, 0.3) is 0 Å². The minimum absolute atomic E-state index is 0.0968. The van der Waals surface area contributed by atoms with Gasteiger partial charge < -0.3 is 4.90 Å². The van der Waals surface area contributed by atoms with Crippen molar-refractivity contribution < 1.29 is 4.79 Å². The van der Waals surface area contributed by atoms with Gasteiger partial charge in [0.15, 0.2) is 0 Å². The first-order valence-corrected chi connectivity index (χ1v) is 12.4. The summed E-state index contributed by atoms with van der Waals surface area (Å²) >= 11 is 3.24. The molecule has 0 radical (unpaired) electrons. The molecule has 3 nitrogen and oxygen atoms in total. The van der Waals surface area contributed by atoms with E-state index < -0.39 is 0 Å². The Labute approximate surface area is 179 Å². The van der Waals surface area contributed by atoms with Crippen LogP contribution in [0.4, 0.5) is 0 Å². The zero-order valence-electron chi connectivity index (χ0n) is 17.7. The maximum atomic E-state index is 12.9. The first-order valence-electron chi connectivity index (χ1n) is 10.5. The van der Waals surface area contributed by atoms with Crippen LogP contribution in [0.5, 0.6) is 0 Å². The number of hydrogen-bond acceptors (Lipinski definition) is 5. The quantitative estimate of drug-likeness (QED) is 0.211. The summed E-state index contributed by atoms with van der Waals surface area (Å²) in [6.07, 6.45) is 4.96. The predicted octanol–water partition coefficient (Wildman–Crippen LogP) is 6.49. The zero-order chi connectivity index (χ0) is 20.4. The predicted molar refractivity (Wildman–Crippen MR) is 123 cm³/mol. The first kappa shape index (κ1) is 23.1. The number of hydrogen-bond donors (Lipinski definition) is 0. The highest BCUT2D eigenvalue weighted by molar-refractivity contribution is 7.99. The van der Waals surface area contributed by atoms with Gasteiger partial charge in [0.05, 0.1) is 10.4 Å². The van der Waals surface area contributed by atoms with Gasteiger partial charge in [-0.25, -0.2) is 4.98 Å². The summed E-state index contributed by atoms with van der Waals surface area (Å²) in [5.41, 5.74) is 1.81. The van der Waals surface area contributed by atoms with E-state index in [9.17, 15) is 4.79 Å². The highest BCUT2D eigenvalue weighted by Gasteiger charge is 2.17. The summed E-state index contributed by atoms with van der Waals surface area (Å²) in [6.45, 7) is 12.2. The fraction of sp³-hybridized carbons (Fsp3) is 0.565. The molecule has 0 aliphatic carbocycles. The van der Waals surface area contributed by atoms with Gasteiger partial charge in [-0.1, -0.05) is 46.6 Å². The molecular formula is C23H34N2OS2. The highest BCUT2D eigenvalue weighted by Crippen LogP contribution is 2.28. The second kappa shape index (κ2) is 12.4. The van der Waals surface area contributed by atoms with Crippen molar-refractivity contribution in [2.24, 2.45) is 0 Å². The average Bonchev–Trinajstić information content (AvgIpc) is 3.24. The molecule has 0 aromatic carbocycles. The lowest BCUT2D eigenvalue weighted by atomic mass is 10.1. The van der Waals surface area contributed by atoms with E-state index >= 15 is 0 Å². The Morgan fingerprint density at radius 3 is 2.50 bits per heavy atom. The SMILES string of the molecule is CCN(CC)CCCCCCSc1nc(C(C)C)ccc1C(=O)c1cccs1. The summed E-state index contributed by atoms with van der Waals surface area (Å²) in [4.78, 5) is 21.0. The van der Waals surface area contributed by atoms with Crippen LogP contribution in [0, 0.1) is 0 Å². The zero-order valence-corrected chi connectivity index (χ0v) is 19.4. The average molecular weight is 419 g/mol. The van der Waals surface area contributed by atoms with Crippen molar-refractivity contribution in [2.45, 2.75) is 64.3 Å². The standard InChI is InChI=1S/C23H34N2OS2/c1-5-25(6-2)15-9-7-8-10-16-28-23-19(13-14-20(24-23)18(3)4)22(26)21-12-11-17-27-21/h11-14,17-18H,5-10,15-16H2,1-4H3. The summed E-state index contributed by atoms with van der Waals surface area (Å²) in [6, 6.07) is 7.80. The number of pyridine rings is 1. The largest absolute Gasteiger partial charge is 0.304 e. The van der Waals surface area contributed by atoms with E-state index in [0.29, 0.717) is 5.92 Å². The van der Waals surface area contributed by atoms with Gasteiger partial charge in [0.2, 0.25) is 5.78 Å². The van der Waals surface area contributed by atoms with E-state index in [1.54, 1.807) is 11.8 Å². The van der Waals surface area contributed by atoms with E-state index in [0.717, 1.165) is 40.0 Å². The number of nitrogens with zero attached hydrogens (tertiary/aromatic N) is 2. The molecule has 2 aromatic rings. The van der Waals surface area contributed by atoms with E-state index in [-0.39, 0.29) is 5.78 Å². The second-order valence-electron chi connectivity index (χ2n) is 7.34. The van der Waals surface area contributed by atoms with Crippen LogP contribution in [-0.4, -0.2) is 41.1 Å². The molecule has 0 bridgehead atoms. The number of unbranched alkanes of at least 4 members (excludes halogenated alkanes) is 3. The Balaban J connectivity index is 1.90. The van der Waals surface area contributed by atoms with Crippen molar-refractivity contribution in [1.82, 2.24) is 9.88 Å². The number of rotatable bonds is 13. The van der Waals surface area contributed by atoms with Crippen LogP contribution < -0.4 is 0 Å². The summed E-state index contributed by atoms with van der Waals surface area (Å²) in [7, 11) is 0. The summed E-state index contributed by atoms with van der Waals surface area (Å²) in [5.74, 6) is 1.48. The van der Waals surface area contributed by atoms with Gasteiger partial charge in [0.1, 0.15) is 5.03 Å². The van der Waals surface area contributed by atoms with Crippen molar-refractivity contribution in [3.05, 3.63) is 45.8 Å². The van der Waals surface area contributed by atoms with Crippen LogP contribution in [0.25, 0.3) is 0 Å². The fourth-order valence-electron chi connectivity index (χ4n) is 3.10. The molecule has 0 aliphatic heterocycles. The van der Waals surface area contributed by atoms with Crippen molar-refractivity contribution in [1.29, 1.82) is 0 Å². The lowest BCUT2D eigenvalue weighted by molar-refractivity contribution is 0.103. The molecule has 0 atom stereocenters. The Bertz CT molecular complexity index is 709. The molecule has 2 heterocycles. The molecule has 0 amide bonds. The Morgan fingerprint density at radius 1 is 1.11 bits per heavy atom. The van der Waals surface area contributed by atoms with E-state index in [2.05, 4.69) is 32.6 Å². The number of carbonyl (C=O) groups excluding carboxylic acids is 1. The molecule has 0 saturated heterocycles.